The summed E-state index contributed by atoms with van der Waals surface area (Å²) in [5.41, 5.74) is 0. The van der Waals surface area contributed by atoms with Crippen molar-refractivity contribution in [2.24, 2.45) is 0 Å². The van der Waals surface area contributed by atoms with Gasteiger partial charge in [-0.15, -0.1) is 11.7 Å². The summed E-state index contributed by atoms with van der Waals surface area (Å²) in [6, 6.07) is 0. The largest absolute Gasteiger partial charge is 0.105 e. The molecule has 0 aromatic rings. The fourth-order valence-electron chi connectivity index (χ4n) is 0. The maximum atomic E-state index is 4.97. The first-order chi connectivity index (χ1) is 1.73. The summed E-state index contributed by atoms with van der Waals surface area (Å²) >= 11 is 3.56. The third-order valence-electron chi connectivity index (χ3n) is 0. The van der Waals surface area contributed by atoms with E-state index >= 15 is 0 Å². The Kier molecular flexibility index (Phi) is 3.32. The molecule has 0 aliphatic heterocycles. The Morgan fingerprint density at radius 3 is 1.50 bits per heavy atom. The van der Waals surface area contributed by atoms with Crippen molar-refractivity contribution in [3.63, 3.8) is 0 Å². The second kappa shape index (κ2) is 2.51. The molecule has 0 bridgehead atoms. The van der Waals surface area contributed by atoms with E-state index < -0.39 is 8.35 Å². The third-order valence-corrected chi connectivity index (χ3v) is 0. The number of hydrogen-bond acceptors (Lipinski definition) is 1. The van der Waals surface area contributed by atoms with Crippen molar-refractivity contribution < 1.29 is 0 Å². The van der Waals surface area contributed by atoms with E-state index in [2.05, 4.69) is 11.7 Å². The second-order valence-electron chi connectivity index (χ2n) is 0.215. The van der Waals surface area contributed by atoms with E-state index in [1.54, 1.807) is 0 Å². The number of halogens is 2. The summed E-state index contributed by atoms with van der Waals surface area (Å²) in [5.74, 6) is 0. The summed E-state index contributed by atoms with van der Waals surface area (Å²) in [4.78, 5) is 0. The van der Waals surface area contributed by atoms with Gasteiger partial charge in [0.1, 0.15) is 0 Å². The lowest BCUT2D eigenvalue weighted by Gasteiger charge is -1.79. The van der Waals surface area contributed by atoms with Gasteiger partial charge in [-0.2, -0.15) is 0 Å². The summed E-state index contributed by atoms with van der Waals surface area (Å²) in [6.07, 6.45) is 0. The van der Waals surface area contributed by atoms with E-state index in [9.17, 15) is 0 Å². The van der Waals surface area contributed by atoms with Gasteiger partial charge in [0.25, 0.3) is 0 Å². The van der Waals surface area contributed by atoms with Crippen LogP contribution in [0.25, 0.3) is 0 Å². The molecule has 4 heteroatoms. The lowest BCUT2D eigenvalue weighted by Crippen LogP contribution is -1.07. The van der Waals surface area contributed by atoms with Crippen molar-refractivity contribution >= 4 is 41.4 Å². The van der Waals surface area contributed by atoms with E-state index in [1.807, 2.05) is 0 Å². The molecular weight excluding hydrogens is 135 g/mol. The van der Waals surface area contributed by atoms with Gasteiger partial charge in [0.15, 0.2) is 0 Å². The van der Waals surface area contributed by atoms with Crippen LogP contribution < -0.4 is 0 Å². The molecule has 0 amide bonds. The van der Waals surface area contributed by atoms with E-state index in [-0.39, 0.29) is 0 Å². The summed E-state index contributed by atoms with van der Waals surface area (Å²) in [7, 11) is 8.96. The highest BCUT2D eigenvalue weighted by Gasteiger charge is 1.68. The second-order valence-corrected chi connectivity index (χ2v) is 5.81. The Hall–Kier alpha value is 1.28. The van der Waals surface area contributed by atoms with Crippen LogP contribution in [0.5, 0.6) is 0 Å². The first-order valence-electron chi connectivity index (χ1n) is 0.538. The van der Waals surface area contributed by atoms with Crippen molar-refractivity contribution in [1.29, 1.82) is 0 Å². The van der Waals surface area contributed by atoms with Crippen LogP contribution in [0.4, 0.5) is 0 Å². The number of rotatable bonds is 0. The molecule has 0 radical (unpaired) electrons. The van der Waals surface area contributed by atoms with Gasteiger partial charge in [-0.1, -0.05) is 0 Å². The van der Waals surface area contributed by atoms with Gasteiger partial charge in [0.2, 0.25) is 0 Å². The highest BCUT2D eigenvalue weighted by atomic mass is 36.0. The van der Waals surface area contributed by atoms with E-state index in [0.29, 0.717) is 0 Å². The Bertz CT molecular complexity index is 8.75. The molecule has 0 N–H and O–H groups in total. The number of hydrogen-bond donors (Lipinski definition) is 2. The topological polar surface area (TPSA) is 0 Å². The maximum Gasteiger partial charge on any atom is -0.0434 e. The lowest BCUT2D eigenvalue weighted by molar-refractivity contribution is 4.96. The van der Waals surface area contributed by atoms with Gasteiger partial charge in [-0.05, 0) is 29.7 Å². The van der Waals surface area contributed by atoms with Gasteiger partial charge in [0.05, 0.1) is 0 Å². The van der Waals surface area contributed by atoms with Gasteiger partial charge in [0, 0.05) is 0 Å². The zero-order valence-electron chi connectivity index (χ0n) is 1.65. The normalized spacial score (nSPS) is 11.2. The van der Waals surface area contributed by atoms with Gasteiger partial charge in [-0.3, -0.25) is 0 Å². The smallest absolute Gasteiger partial charge is 0.0434 e. The van der Waals surface area contributed by atoms with Crippen molar-refractivity contribution in [3.05, 3.63) is 0 Å². The Morgan fingerprint density at radius 2 is 1.50 bits per heavy atom. The van der Waals surface area contributed by atoms with Crippen LogP contribution >= 0.6 is 41.4 Å². The highest BCUT2D eigenvalue weighted by molar-refractivity contribution is 8.96. The first kappa shape index (κ1) is 5.28. The molecule has 0 saturated carbocycles. The predicted molar refractivity (Wildman–Crippen MR) is 29.7 cm³/mol. The molecule has 0 spiro atoms. The Balaban J connectivity index is 2.32. The number of thiol groups is 2. The van der Waals surface area contributed by atoms with Gasteiger partial charge in [-0.25, -0.2) is 0 Å². The minimum atomic E-state index is -0.981. The minimum absolute atomic E-state index is 0.981. The van der Waals surface area contributed by atoms with Crippen molar-refractivity contribution in [2.45, 2.75) is 0 Å². The van der Waals surface area contributed by atoms with E-state index in [1.165, 1.54) is 0 Å². The summed E-state index contributed by atoms with van der Waals surface area (Å²) < 4.78 is 0. The zero-order chi connectivity index (χ0) is 3.58. The molecule has 0 fully saturated rings. The van der Waals surface area contributed by atoms with Crippen molar-refractivity contribution in [2.75, 3.05) is 0 Å². The molecule has 0 unspecified atom stereocenters. The van der Waals surface area contributed by atoms with Crippen LogP contribution in [0.2, 0.25) is 0 Å². The van der Waals surface area contributed by atoms with Crippen molar-refractivity contribution in [1.82, 2.24) is 0 Å². The molecule has 0 rings (SSSR count). The van der Waals surface area contributed by atoms with Crippen LogP contribution in [0.15, 0.2) is 0 Å². The molecule has 4 heavy (non-hydrogen) atoms. The Labute approximate surface area is 41.6 Å². The van der Waals surface area contributed by atoms with E-state index in [4.69, 9.17) is 21.4 Å². The monoisotopic (exact) mass is 136 g/mol. The third kappa shape index (κ3) is 10.4. The van der Waals surface area contributed by atoms with Crippen LogP contribution in [-0.4, -0.2) is 0 Å². The molecule has 0 saturated heterocycles. The van der Waals surface area contributed by atoms with Crippen LogP contribution in [0, 0.1) is 0 Å². The first-order valence-corrected chi connectivity index (χ1v) is 4.84. The fraction of sp³-hybridized carbons (Fsp3) is 0. The van der Waals surface area contributed by atoms with Crippen LogP contribution in [0.3, 0.4) is 0 Å². The molecule has 0 atom stereocenters. The molecule has 28 valence electrons. The lowest BCUT2D eigenvalue weighted by atomic mass is 30.8. The molecule has 0 aromatic heterocycles. The van der Waals surface area contributed by atoms with Crippen molar-refractivity contribution in [3.8, 4) is 0 Å². The van der Waals surface area contributed by atoms with Crippen LogP contribution in [-0.2, 0) is 0 Å². The van der Waals surface area contributed by atoms with Gasteiger partial charge >= 0.3 is 0 Å². The fourth-order valence-corrected chi connectivity index (χ4v) is 0. The molecule has 0 nitrogen and oxygen atoms in total. The van der Waals surface area contributed by atoms with E-state index in [0.717, 1.165) is 0 Å². The standard InChI is InChI=1S/Cl2H2S2/c1-4(2)3/h3-4H. The summed E-state index contributed by atoms with van der Waals surface area (Å²) in [6.45, 7) is 0. The Morgan fingerprint density at radius 1 is 1.50 bits per heavy atom. The molecule has 0 aromatic carbocycles. The van der Waals surface area contributed by atoms with Gasteiger partial charge < -0.3 is 0 Å². The average Bonchev–Trinajstić information content (AvgIpc) is 0.811. The molecular formula is H2Cl2S2. The minimum Gasteiger partial charge on any atom is -0.105 e. The maximum absolute atomic E-state index is 4.97. The zero-order valence-corrected chi connectivity index (χ0v) is 4.95. The highest BCUT2D eigenvalue weighted by Crippen LogP contribution is 2.40. The molecule has 0 aliphatic carbocycles. The SMILES string of the molecule is S[SH](Cl)Cl. The van der Waals surface area contributed by atoms with Crippen LogP contribution in [0.1, 0.15) is 0 Å². The molecule has 0 heterocycles. The molecule has 0 aliphatic rings. The quantitative estimate of drug-likeness (QED) is 0.371. The summed E-state index contributed by atoms with van der Waals surface area (Å²) in [5, 5.41) is 0. The predicted octanol–water partition coefficient (Wildman–Crippen LogP) is 2.14. The average molecular weight is 137 g/mol.